The van der Waals surface area contributed by atoms with E-state index < -0.39 is 11.6 Å². The summed E-state index contributed by atoms with van der Waals surface area (Å²) in [7, 11) is 0. The fourth-order valence-electron chi connectivity index (χ4n) is 3.05. The maximum absolute atomic E-state index is 13.6. The molecule has 1 atom stereocenters. The number of carbonyl (C=O) groups is 1. The Kier molecular flexibility index (Phi) is 5.31. The highest BCUT2D eigenvalue weighted by molar-refractivity contribution is 5.92. The van der Waals surface area contributed by atoms with Gasteiger partial charge in [0.05, 0.1) is 0 Å². The smallest absolute Gasteiger partial charge is 0.276 e. The fourth-order valence-corrected chi connectivity index (χ4v) is 3.05. The quantitative estimate of drug-likeness (QED) is 0.820. The number of amides is 1. The monoisotopic (exact) mass is 350 g/mol. The first-order valence-corrected chi connectivity index (χ1v) is 8.42. The van der Waals surface area contributed by atoms with E-state index in [9.17, 15) is 13.6 Å². The van der Waals surface area contributed by atoms with Crippen molar-refractivity contribution in [3.05, 3.63) is 47.7 Å². The molecule has 5 nitrogen and oxygen atoms in total. The second kappa shape index (κ2) is 7.63. The summed E-state index contributed by atoms with van der Waals surface area (Å²) >= 11 is 0. The van der Waals surface area contributed by atoms with Crippen LogP contribution in [0.15, 0.2) is 28.9 Å². The first kappa shape index (κ1) is 17.4. The van der Waals surface area contributed by atoms with Crippen LogP contribution in [0.25, 0.3) is 0 Å². The number of rotatable bonds is 5. The lowest BCUT2D eigenvalue weighted by atomic mass is 10.00. The minimum Gasteiger partial charge on any atom is -0.481 e. The van der Waals surface area contributed by atoms with Gasteiger partial charge in [-0.2, -0.15) is 4.39 Å². The maximum Gasteiger partial charge on any atom is 0.276 e. The van der Waals surface area contributed by atoms with Gasteiger partial charge in [0.15, 0.2) is 23.9 Å². The normalized spacial score (nSPS) is 17.6. The topological polar surface area (TPSA) is 55.6 Å². The first-order chi connectivity index (χ1) is 12.1. The van der Waals surface area contributed by atoms with E-state index in [1.807, 2.05) is 4.90 Å². The number of carbonyl (C=O) groups excluding carboxylic acids is 1. The second-order valence-electron chi connectivity index (χ2n) is 6.02. The molecule has 2 heterocycles. The molecule has 1 aliphatic rings. The van der Waals surface area contributed by atoms with Crippen LogP contribution in [0, 0.1) is 11.6 Å². The molecule has 1 amide bonds. The molecule has 0 spiro atoms. The molecule has 3 rings (SSSR count). The lowest BCUT2D eigenvalue weighted by molar-refractivity contribution is 0.0602. The van der Waals surface area contributed by atoms with Crippen molar-refractivity contribution in [1.29, 1.82) is 0 Å². The Hall–Kier alpha value is -2.44. The Morgan fingerprint density at radius 2 is 2.24 bits per heavy atom. The van der Waals surface area contributed by atoms with Crippen LogP contribution in [0.5, 0.6) is 5.75 Å². The number of oxazole rings is 1. The van der Waals surface area contributed by atoms with Crippen molar-refractivity contribution in [1.82, 2.24) is 9.88 Å². The van der Waals surface area contributed by atoms with Gasteiger partial charge in [-0.1, -0.05) is 13.0 Å². The van der Waals surface area contributed by atoms with Crippen LogP contribution >= 0.6 is 0 Å². The third-order valence-electron chi connectivity index (χ3n) is 4.40. The fraction of sp³-hybridized carbons (Fsp3) is 0.444. The average molecular weight is 350 g/mol. The van der Waals surface area contributed by atoms with Crippen molar-refractivity contribution in [3.8, 4) is 5.75 Å². The minimum absolute atomic E-state index is 0.136. The molecular formula is C18H20F2N2O3. The van der Waals surface area contributed by atoms with E-state index in [0.717, 1.165) is 31.7 Å². The Balaban J connectivity index is 1.65. The predicted octanol–water partition coefficient (Wildman–Crippen LogP) is 3.94. The van der Waals surface area contributed by atoms with Crippen LogP contribution in [-0.4, -0.2) is 28.4 Å². The van der Waals surface area contributed by atoms with Gasteiger partial charge in [0.1, 0.15) is 6.26 Å². The van der Waals surface area contributed by atoms with E-state index in [2.05, 4.69) is 11.9 Å². The zero-order valence-corrected chi connectivity index (χ0v) is 14.0. The van der Waals surface area contributed by atoms with Gasteiger partial charge in [-0.3, -0.25) is 4.79 Å². The molecule has 0 N–H and O–H groups in total. The molecule has 1 aromatic carbocycles. The molecule has 0 radical (unpaired) electrons. The highest BCUT2D eigenvalue weighted by Gasteiger charge is 2.28. The van der Waals surface area contributed by atoms with E-state index in [0.29, 0.717) is 6.54 Å². The van der Waals surface area contributed by atoms with Crippen LogP contribution in [0.4, 0.5) is 8.78 Å². The highest BCUT2D eigenvalue weighted by Crippen LogP contribution is 2.23. The molecule has 1 saturated heterocycles. The Bertz CT molecular complexity index is 748. The molecule has 1 aliphatic heterocycles. The second-order valence-corrected chi connectivity index (χ2v) is 6.02. The lowest BCUT2D eigenvalue weighted by Crippen LogP contribution is -2.43. The molecular weight excluding hydrogens is 330 g/mol. The van der Waals surface area contributed by atoms with Crippen LogP contribution < -0.4 is 4.74 Å². The van der Waals surface area contributed by atoms with Crippen molar-refractivity contribution in [2.45, 2.75) is 45.3 Å². The summed E-state index contributed by atoms with van der Waals surface area (Å²) in [5, 5.41) is 0. The van der Waals surface area contributed by atoms with Gasteiger partial charge in [-0.25, -0.2) is 9.37 Å². The van der Waals surface area contributed by atoms with Crippen molar-refractivity contribution in [3.63, 3.8) is 0 Å². The predicted molar refractivity (Wildman–Crippen MR) is 86.2 cm³/mol. The molecule has 1 fully saturated rings. The minimum atomic E-state index is -1.07. The molecule has 0 saturated carbocycles. The van der Waals surface area contributed by atoms with Gasteiger partial charge in [-0.15, -0.1) is 0 Å². The Morgan fingerprint density at radius 3 is 3.04 bits per heavy atom. The highest BCUT2D eigenvalue weighted by atomic mass is 19.2. The maximum atomic E-state index is 13.6. The van der Waals surface area contributed by atoms with Crippen molar-refractivity contribution >= 4 is 5.91 Å². The van der Waals surface area contributed by atoms with Crippen LogP contribution in [0.2, 0.25) is 0 Å². The number of hydrogen-bond acceptors (Lipinski definition) is 4. The van der Waals surface area contributed by atoms with Crippen molar-refractivity contribution in [2.75, 3.05) is 6.54 Å². The molecule has 25 heavy (non-hydrogen) atoms. The number of halogens is 2. The van der Waals surface area contributed by atoms with Gasteiger partial charge in [-0.05, 0) is 37.8 Å². The lowest BCUT2D eigenvalue weighted by Gasteiger charge is -2.34. The number of benzene rings is 1. The summed E-state index contributed by atoms with van der Waals surface area (Å²) < 4.78 is 37.1. The SMILES string of the molecule is CCC1CCCCN1C(=O)c1coc(COc2cccc(F)c2F)n1. The number of aromatic nitrogens is 1. The van der Waals surface area contributed by atoms with E-state index in [1.165, 1.54) is 18.4 Å². The van der Waals surface area contributed by atoms with Crippen molar-refractivity contribution < 1.29 is 22.7 Å². The largest absolute Gasteiger partial charge is 0.481 e. The number of piperidine rings is 1. The van der Waals surface area contributed by atoms with E-state index >= 15 is 0 Å². The van der Waals surface area contributed by atoms with Gasteiger partial charge >= 0.3 is 0 Å². The summed E-state index contributed by atoms with van der Waals surface area (Å²) in [6, 6.07) is 3.89. The summed E-state index contributed by atoms with van der Waals surface area (Å²) in [5.74, 6) is -2.32. The van der Waals surface area contributed by atoms with Crippen LogP contribution in [0.1, 0.15) is 49.0 Å². The third kappa shape index (κ3) is 3.81. The summed E-state index contributed by atoms with van der Waals surface area (Å²) in [6.45, 7) is 2.58. The first-order valence-electron chi connectivity index (χ1n) is 8.42. The van der Waals surface area contributed by atoms with E-state index in [4.69, 9.17) is 9.15 Å². The van der Waals surface area contributed by atoms with Gasteiger partial charge < -0.3 is 14.1 Å². The Morgan fingerprint density at radius 1 is 1.40 bits per heavy atom. The Labute approximate surface area is 144 Å². The number of ether oxygens (including phenoxy) is 1. The molecule has 1 unspecified atom stereocenters. The van der Waals surface area contributed by atoms with E-state index in [1.54, 1.807) is 0 Å². The molecule has 0 aliphatic carbocycles. The number of nitrogens with zero attached hydrogens (tertiary/aromatic N) is 2. The number of hydrogen-bond donors (Lipinski definition) is 0. The van der Waals surface area contributed by atoms with Crippen LogP contribution in [-0.2, 0) is 6.61 Å². The van der Waals surface area contributed by atoms with Gasteiger partial charge in [0.25, 0.3) is 5.91 Å². The molecule has 7 heteroatoms. The third-order valence-corrected chi connectivity index (χ3v) is 4.40. The number of likely N-dealkylation sites (tertiary alicyclic amines) is 1. The summed E-state index contributed by atoms with van der Waals surface area (Å²) in [4.78, 5) is 18.6. The van der Waals surface area contributed by atoms with Crippen molar-refractivity contribution in [2.24, 2.45) is 0 Å². The van der Waals surface area contributed by atoms with Crippen LogP contribution in [0.3, 0.4) is 0 Å². The molecule has 1 aromatic heterocycles. The van der Waals surface area contributed by atoms with E-state index in [-0.39, 0.29) is 35.9 Å². The average Bonchev–Trinajstić information content (AvgIpc) is 3.11. The molecule has 134 valence electrons. The zero-order chi connectivity index (χ0) is 17.8. The molecule has 0 bridgehead atoms. The molecule has 2 aromatic rings. The van der Waals surface area contributed by atoms with Gasteiger partial charge in [0.2, 0.25) is 11.7 Å². The zero-order valence-electron chi connectivity index (χ0n) is 14.0. The standard InChI is InChI=1S/C18H20F2N2O3/c1-2-12-6-3-4-9-22(12)18(23)14-10-25-16(21-14)11-24-15-8-5-7-13(19)17(15)20/h5,7-8,10,12H,2-4,6,9,11H2,1H3. The summed E-state index contributed by atoms with van der Waals surface area (Å²) in [5.41, 5.74) is 0.207. The summed E-state index contributed by atoms with van der Waals surface area (Å²) in [6.07, 6.45) is 5.28. The van der Waals surface area contributed by atoms with Gasteiger partial charge in [0, 0.05) is 12.6 Å².